The van der Waals surface area contributed by atoms with Crippen LogP contribution in [-0.2, 0) is 11.3 Å². The van der Waals surface area contributed by atoms with E-state index < -0.39 is 0 Å². The van der Waals surface area contributed by atoms with Gasteiger partial charge in [0.1, 0.15) is 11.1 Å². The minimum absolute atomic E-state index is 0.0855. The van der Waals surface area contributed by atoms with Crippen LogP contribution in [-0.4, -0.2) is 48.2 Å². The number of thiazole rings is 1. The highest BCUT2D eigenvalue weighted by atomic mass is 32.1. The molecule has 3 heterocycles. The second kappa shape index (κ2) is 7.17. The molecule has 2 aromatic rings. The normalized spacial score (nSPS) is 17.6. The van der Waals surface area contributed by atoms with Gasteiger partial charge in [-0.3, -0.25) is 9.88 Å². The van der Waals surface area contributed by atoms with E-state index in [0.717, 1.165) is 43.4 Å². The van der Waals surface area contributed by atoms with E-state index in [1.165, 1.54) is 5.69 Å². The first-order valence-electron chi connectivity index (χ1n) is 7.60. The number of rotatable bonds is 5. The first-order chi connectivity index (χ1) is 10.8. The highest BCUT2D eigenvalue weighted by Gasteiger charge is 2.18. The lowest BCUT2D eigenvalue weighted by Gasteiger charge is -2.35. The fourth-order valence-electron chi connectivity index (χ4n) is 2.63. The maximum Gasteiger partial charge on any atom is 0.122 e. The van der Waals surface area contributed by atoms with Crippen molar-refractivity contribution in [3.63, 3.8) is 0 Å². The molecule has 2 aromatic heterocycles. The van der Waals surface area contributed by atoms with Crippen LogP contribution in [0.5, 0.6) is 0 Å². The topological polar surface area (TPSA) is 41.5 Å². The summed E-state index contributed by atoms with van der Waals surface area (Å²) in [5.74, 6) is 0. The van der Waals surface area contributed by atoms with E-state index in [1.807, 2.05) is 19.3 Å². The number of hydrogen-bond donors (Lipinski definition) is 0. The van der Waals surface area contributed by atoms with E-state index in [1.54, 1.807) is 18.4 Å². The molecule has 3 rings (SSSR count). The van der Waals surface area contributed by atoms with Crippen LogP contribution in [0.15, 0.2) is 29.9 Å². The fourth-order valence-corrected chi connectivity index (χ4v) is 3.47. The third kappa shape index (κ3) is 3.63. The van der Waals surface area contributed by atoms with Crippen LogP contribution >= 0.6 is 11.3 Å². The lowest BCUT2D eigenvalue weighted by molar-refractivity contribution is 0.119. The minimum Gasteiger partial charge on any atom is -0.375 e. The van der Waals surface area contributed by atoms with Crippen molar-refractivity contribution in [3.05, 3.63) is 40.6 Å². The second-order valence-electron chi connectivity index (χ2n) is 5.52. The Morgan fingerprint density at radius 3 is 2.64 bits per heavy atom. The fraction of sp³-hybridized carbons (Fsp3) is 0.500. The molecule has 118 valence electrons. The van der Waals surface area contributed by atoms with Crippen molar-refractivity contribution in [1.82, 2.24) is 14.9 Å². The monoisotopic (exact) mass is 318 g/mol. The minimum atomic E-state index is 0.0855. The Bertz CT molecular complexity index is 581. The van der Waals surface area contributed by atoms with Gasteiger partial charge in [-0.15, -0.1) is 11.3 Å². The zero-order valence-corrected chi connectivity index (χ0v) is 13.9. The average Bonchev–Trinajstić information content (AvgIpc) is 3.04. The standard InChI is InChI=1S/C16H22N4OS/c1-13(21-2)16-18-14(12-22-16)11-19-7-9-20(10-8-19)15-3-5-17-6-4-15/h3-6,12-13H,7-11H2,1-2H3. The molecule has 5 nitrogen and oxygen atoms in total. The van der Waals surface area contributed by atoms with Crippen LogP contribution in [0.25, 0.3) is 0 Å². The number of aromatic nitrogens is 2. The van der Waals surface area contributed by atoms with Crippen molar-refractivity contribution in [3.8, 4) is 0 Å². The first kappa shape index (κ1) is 15.4. The van der Waals surface area contributed by atoms with Crippen LogP contribution in [0.3, 0.4) is 0 Å². The molecule has 0 N–H and O–H groups in total. The number of piperazine rings is 1. The Balaban J connectivity index is 1.53. The van der Waals surface area contributed by atoms with Crippen molar-refractivity contribution in [1.29, 1.82) is 0 Å². The van der Waals surface area contributed by atoms with Crippen LogP contribution in [0.4, 0.5) is 5.69 Å². The molecule has 1 saturated heterocycles. The Morgan fingerprint density at radius 2 is 1.95 bits per heavy atom. The summed E-state index contributed by atoms with van der Waals surface area (Å²) < 4.78 is 5.33. The summed E-state index contributed by atoms with van der Waals surface area (Å²) in [6.45, 7) is 7.20. The number of pyridine rings is 1. The summed E-state index contributed by atoms with van der Waals surface area (Å²) in [6.07, 6.45) is 3.80. The van der Waals surface area contributed by atoms with E-state index in [2.05, 4.69) is 37.3 Å². The molecule has 1 aliphatic heterocycles. The maximum absolute atomic E-state index is 5.33. The van der Waals surface area contributed by atoms with E-state index in [4.69, 9.17) is 4.74 Å². The van der Waals surface area contributed by atoms with Gasteiger partial charge >= 0.3 is 0 Å². The van der Waals surface area contributed by atoms with Crippen LogP contribution in [0.1, 0.15) is 23.7 Å². The molecule has 0 aromatic carbocycles. The average molecular weight is 318 g/mol. The molecule has 1 aliphatic rings. The molecule has 1 unspecified atom stereocenters. The molecule has 0 bridgehead atoms. The molecule has 0 spiro atoms. The SMILES string of the molecule is COC(C)c1nc(CN2CCN(c3ccncc3)CC2)cs1. The Labute approximate surface area is 135 Å². The van der Waals surface area contributed by atoms with Gasteiger partial charge in [0.15, 0.2) is 0 Å². The predicted octanol–water partition coefficient (Wildman–Crippen LogP) is 2.57. The molecule has 0 saturated carbocycles. The molecule has 0 radical (unpaired) electrons. The lowest BCUT2D eigenvalue weighted by Crippen LogP contribution is -2.46. The van der Waals surface area contributed by atoms with Gasteiger partial charge in [0.25, 0.3) is 0 Å². The third-order valence-electron chi connectivity index (χ3n) is 4.06. The predicted molar refractivity (Wildman–Crippen MR) is 89.3 cm³/mol. The van der Waals surface area contributed by atoms with Crippen molar-refractivity contribution < 1.29 is 4.74 Å². The van der Waals surface area contributed by atoms with Crippen LogP contribution in [0.2, 0.25) is 0 Å². The summed E-state index contributed by atoms with van der Waals surface area (Å²) in [5, 5.41) is 3.22. The summed E-state index contributed by atoms with van der Waals surface area (Å²) in [5.41, 5.74) is 2.42. The summed E-state index contributed by atoms with van der Waals surface area (Å²) >= 11 is 1.69. The van der Waals surface area contributed by atoms with Crippen LogP contribution in [0, 0.1) is 0 Å². The van der Waals surface area contributed by atoms with Crippen LogP contribution < -0.4 is 4.90 Å². The van der Waals surface area contributed by atoms with E-state index >= 15 is 0 Å². The van der Waals surface area contributed by atoms with Gasteiger partial charge in [0.05, 0.1) is 5.69 Å². The molecule has 1 atom stereocenters. The number of nitrogens with zero attached hydrogens (tertiary/aromatic N) is 4. The Hall–Kier alpha value is -1.50. The van der Waals surface area contributed by atoms with Crippen molar-refractivity contribution in [2.45, 2.75) is 19.6 Å². The van der Waals surface area contributed by atoms with Crippen molar-refractivity contribution in [2.75, 3.05) is 38.2 Å². The van der Waals surface area contributed by atoms with E-state index in [9.17, 15) is 0 Å². The Kier molecular flexibility index (Phi) is 5.02. The molecule has 22 heavy (non-hydrogen) atoms. The molecule has 1 fully saturated rings. The van der Waals surface area contributed by atoms with Gasteiger partial charge in [0.2, 0.25) is 0 Å². The number of hydrogen-bond acceptors (Lipinski definition) is 6. The number of anilines is 1. The number of ether oxygens (including phenoxy) is 1. The molecule has 0 amide bonds. The summed E-state index contributed by atoms with van der Waals surface area (Å²) in [4.78, 5) is 13.6. The van der Waals surface area contributed by atoms with E-state index in [0.29, 0.717) is 0 Å². The van der Waals surface area contributed by atoms with E-state index in [-0.39, 0.29) is 6.10 Å². The molecule has 6 heteroatoms. The van der Waals surface area contributed by atoms with Gasteiger partial charge in [-0.2, -0.15) is 0 Å². The molecular formula is C16H22N4OS. The lowest BCUT2D eigenvalue weighted by atomic mass is 10.2. The number of methoxy groups -OCH3 is 1. The first-order valence-corrected chi connectivity index (χ1v) is 8.48. The third-order valence-corrected chi connectivity index (χ3v) is 5.11. The summed E-state index contributed by atoms with van der Waals surface area (Å²) in [6, 6.07) is 4.16. The zero-order chi connectivity index (χ0) is 15.4. The molecule has 0 aliphatic carbocycles. The highest BCUT2D eigenvalue weighted by molar-refractivity contribution is 7.09. The zero-order valence-electron chi connectivity index (χ0n) is 13.1. The quantitative estimate of drug-likeness (QED) is 0.847. The summed E-state index contributed by atoms with van der Waals surface area (Å²) in [7, 11) is 1.73. The second-order valence-corrected chi connectivity index (χ2v) is 6.41. The van der Waals surface area contributed by atoms with Crippen molar-refractivity contribution in [2.24, 2.45) is 0 Å². The highest BCUT2D eigenvalue weighted by Crippen LogP contribution is 2.22. The smallest absolute Gasteiger partial charge is 0.122 e. The van der Waals surface area contributed by atoms with Gasteiger partial charge in [-0.25, -0.2) is 4.98 Å². The largest absolute Gasteiger partial charge is 0.375 e. The van der Waals surface area contributed by atoms with Gasteiger partial charge < -0.3 is 9.64 Å². The Morgan fingerprint density at radius 1 is 1.23 bits per heavy atom. The van der Waals surface area contributed by atoms with Gasteiger partial charge in [-0.05, 0) is 19.1 Å². The van der Waals surface area contributed by atoms with Gasteiger partial charge in [0, 0.05) is 63.3 Å². The molecular weight excluding hydrogens is 296 g/mol. The van der Waals surface area contributed by atoms with Gasteiger partial charge in [-0.1, -0.05) is 0 Å². The van der Waals surface area contributed by atoms with Crippen molar-refractivity contribution >= 4 is 17.0 Å². The maximum atomic E-state index is 5.33.